The molecule has 15 heteroatoms. The Hall–Kier alpha value is -15.5. The Morgan fingerprint density at radius 3 is 0.929 bits per heavy atom. The normalized spacial score (nSPS) is 11.2. The minimum Gasteiger partial charge on any atom is -0.346 e. The van der Waals surface area contributed by atoms with Crippen LogP contribution in [-0.2, 0) is 63.2 Å². The van der Waals surface area contributed by atoms with Gasteiger partial charge in [0.1, 0.15) is 0 Å². The second-order valence-electron chi connectivity index (χ2n) is 33.9. The van der Waals surface area contributed by atoms with Gasteiger partial charge >= 0.3 is 63.2 Å². The number of rotatable bonds is 15. The summed E-state index contributed by atoms with van der Waals surface area (Å²) in [6.07, 6.45) is 5.47. The molecule has 9 heterocycles. The van der Waals surface area contributed by atoms with Gasteiger partial charge in [-0.2, -0.15) is 34.0 Å². The molecule has 0 saturated carbocycles. The van der Waals surface area contributed by atoms with E-state index in [-0.39, 0.29) is 63.2 Å². The van der Waals surface area contributed by atoms with Crippen molar-refractivity contribution in [1.82, 2.24) is 43.6 Å². The molecule has 27 aromatic rings. The zero-order chi connectivity index (χ0) is 91.4. The molecule has 0 spiro atoms. The number of thiazole rings is 3. The second-order valence-corrected chi connectivity index (χ2v) is 36.9. The van der Waals surface area contributed by atoms with Gasteiger partial charge in [0.15, 0.2) is 0 Å². The summed E-state index contributed by atoms with van der Waals surface area (Å²) < 4.78 is 10.4. The first-order valence-electron chi connectivity index (χ1n) is 45.8. The van der Waals surface area contributed by atoms with E-state index in [9.17, 15) is 0 Å². The summed E-state index contributed by atoms with van der Waals surface area (Å²) in [5.74, 6) is 0. The molecule has 0 aliphatic carbocycles. The molecule has 9 aromatic heterocycles. The number of benzene rings is 18. The van der Waals surface area contributed by atoms with Crippen LogP contribution < -0.4 is 0 Å². The molecular weight excluding hydrogens is 2320 g/mol. The zero-order valence-corrected chi connectivity index (χ0v) is 84.3. The minimum atomic E-state index is 0. The van der Waals surface area contributed by atoms with Crippen LogP contribution in [0.1, 0.15) is 0 Å². The van der Waals surface area contributed by atoms with E-state index in [2.05, 4.69) is 429 Å². The topological polar surface area (TPSA) is 92.1 Å². The smallest absolute Gasteiger partial charge is 0.346 e. The predicted octanol–water partition coefficient (Wildman–Crippen LogP) is 33.2. The van der Waals surface area contributed by atoms with E-state index < -0.39 is 0 Å². The summed E-state index contributed by atoms with van der Waals surface area (Å²) >= 11 is 5.10. The average Bonchev–Trinajstić information content (AvgIpc) is 1.60. The van der Waals surface area contributed by atoms with Crippen molar-refractivity contribution in [3.63, 3.8) is 0 Å². The average molecular weight is 2400 g/mol. The third-order valence-electron chi connectivity index (χ3n) is 25.5. The maximum absolute atomic E-state index is 4.96. The summed E-state index contributed by atoms with van der Waals surface area (Å²) in [4.78, 5) is 28.6. The first-order valence-corrected chi connectivity index (χ1v) is 48.2. The zero-order valence-electron chi connectivity index (χ0n) is 75.0. The maximum Gasteiger partial charge on any atom is 2.00 e. The molecule has 141 heavy (non-hydrogen) atoms. The first-order chi connectivity index (χ1) is 68.4. The molecule has 0 amide bonds. The predicted molar refractivity (Wildman–Crippen MR) is 574 cm³/mol. The van der Waals surface area contributed by atoms with Crippen LogP contribution in [0.5, 0.6) is 0 Å². The standard InChI is InChI=1S/3C42H25N3S.3Pt/c1-2-10-28(11-3-1)29-19-21-30(22-20-29)34-14-9-17-38-41(34)35-24-23-32(42-44-37-16-4-5-18-40(37)46-42)27-39(35)45(38)33-13-8-12-31(26-33)36-15-6-7-25-43-36;1-2-9-28(10-3-1)29-16-18-30(19-17-29)31-21-23-39-36(26-31)35-22-20-33(42-44-38-14-4-5-15-41(38)46-42)27-40(35)45(39)34-12-8-11-32(25-34)37-13-6-7-24-43-37;1-2-9-28(10-3-1)29-16-18-30(19-17-29)31-20-22-35-36-23-21-33(42-44-38-14-4-5-15-41(38)46-42)27-40(36)45(39(35)26-31)34-12-8-11-32(25-34)37-13-6-7-24-43-37;;;/h1-25H;2*1-24,26H;;;/q3*-2;3*+2. The van der Waals surface area contributed by atoms with Gasteiger partial charge in [-0.3, -0.25) is 15.0 Å². The van der Waals surface area contributed by atoms with Crippen LogP contribution in [0.15, 0.2) is 455 Å². The summed E-state index contributed by atoms with van der Waals surface area (Å²) in [7, 11) is 0. The summed E-state index contributed by atoms with van der Waals surface area (Å²) in [6, 6.07) is 175. The van der Waals surface area contributed by atoms with Crippen LogP contribution in [0, 0.1) is 36.4 Å². The summed E-state index contributed by atoms with van der Waals surface area (Å²) in [5.41, 5.74) is 34.9. The van der Waals surface area contributed by atoms with Crippen molar-refractivity contribution in [2.45, 2.75) is 0 Å². The van der Waals surface area contributed by atoms with Gasteiger partial charge in [-0.1, -0.05) is 289 Å². The fraction of sp³-hybridized carbons (Fsp3) is 0. The van der Waals surface area contributed by atoms with Gasteiger partial charge in [0.25, 0.3) is 0 Å². The molecule has 0 aliphatic heterocycles. The van der Waals surface area contributed by atoms with E-state index in [1.807, 2.05) is 91.4 Å². The van der Waals surface area contributed by atoms with Crippen molar-refractivity contribution in [3.05, 3.63) is 492 Å². The molecule has 18 aromatic carbocycles. The third-order valence-corrected chi connectivity index (χ3v) is 28.7. The number of hydrogen-bond acceptors (Lipinski definition) is 9. The fourth-order valence-corrected chi connectivity index (χ4v) is 21.6. The van der Waals surface area contributed by atoms with Gasteiger partial charge in [-0.15, -0.1) is 161 Å². The number of fused-ring (bicyclic) bond motifs is 12. The van der Waals surface area contributed by atoms with Gasteiger partial charge in [-0.05, 0) is 206 Å². The van der Waals surface area contributed by atoms with Crippen molar-refractivity contribution in [2.75, 3.05) is 0 Å². The maximum atomic E-state index is 4.96. The van der Waals surface area contributed by atoms with E-state index in [0.717, 1.165) is 154 Å². The molecule has 0 atom stereocenters. The van der Waals surface area contributed by atoms with Crippen LogP contribution in [0.25, 0.3) is 245 Å². The fourth-order valence-electron chi connectivity index (χ4n) is 18.8. The third kappa shape index (κ3) is 17.8. The van der Waals surface area contributed by atoms with Crippen LogP contribution in [0.3, 0.4) is 0 Å². The number of nitrogens with zero attached hydrogens (tertiary/aromatic N) is 9. The van der Waals surface area contributed by atoms with Crippen molar-refractivity contribution in [1.29, 1.82) is 0 Å². The number of aromatic nitrogens is 9. The van der Waals surface area contributed by atoms with Gasteiger partial charge in [0.05, 0.1) is 16.6 Å². The molecule has 27 rings (SSSR count). The summed E-state index contributed by atoms with van der Waals surface area (Å²) in [5, 5.41) is 9.83. The van der Waals surface area contributed by atoms with Crippen LogP contribution in [0.2, 0.25) is 0 Å². The van der Waals surface area contributed by atoms with Gasteiger partial charge in [-0.25, -0.2) is 0 Å². The Morgan fingerprint density at radius 1 is 0.199 bits per heavy atom. The van der Waals surface area contributed by atoms with E-state index >= 15 is 0 Å². The van der Waals surface area contributed by atoms with Gasteiger partial charge in [0.2, 0.25) is 0 Å². The van der Waals surface area contributed by atoms with Crippen molar-refractivity contribution >= 4 is 130 Å². The monoisotopic (exact) mass is 2390 g/mol. The van der Waals surface area contributed by atoms with Crippen molar-refractivity contribution in [3.8, 4) is 149 Å². The van der Waals surface area contributed by atoms with Crippen molar-refractivity contribution < 1.29 is 63.2 Å². The molecule has 0 saturated heterocycles. The van der Waals surface area contributed by atoms with Crippen LogP contribution in [-0.4, -0.2) is 43.6 Å². The molecule has 0 unspecified atom stereocenters. The molecule has 0 aliphatic rings. The number of hydrogen-bond donors (Lipinski definition) is 0. The Balaban J connectivity index is 0.000000120. The Morgan fingerprint density at radius 2 is 0.518 bits per heavy atom. The molecule has 0 bridgehead atoms. The van der Waals surface area contributed by atoms with Gasteiger partial charge < -0.3 is 28.7 Å². The van der Waals surface area contributed by atoms with Gasteiger partial charge in [0, 0.05) is 64.3 Å². The molecular formula is C126H75N9Pt3S3. The SMILES string of the molecule is [Pt+2].[Pt+2].[Pt+2].[c-]1c(-c2ccccn2)cccc1-n1c2[c-]c(-c3nc4ccccc4s3)ccc2c2c(-c3ccc(-c4ccccc4)cc3)cccc21.[c-]1c(-c2ccccn2)cccc1-n1c2[c-]c(-c3nc4ccccc4s3)ccc2c2cc(-c3ccc(-c4ccccc4)cc3)ccc21.[c-]1c(-c2ccccn2)cccc1-n1c2[c-]c(-c3nc4ccccc4s3)ccc2c2ccc(-c3ccc(-c4ccccc4)cc3)cc21. The quantitative estimate of drug-likeness (QED) is 0.0950. The Bertz CT molecular complexity index is 8990. The van der Waals surface area contributed by atoms with Crippen LogP contribution >= 0.6 is 34.0 Å². The molecule has 0 fully saturated rings. The minimum absolute atomic E-state index is 0. The van der Waals surface area contributed by atoms with Crippen LogP contribution in [0.4, 0.5) is 0 Å². The molecule has 672 valence electrons. The number of pyridine rings is 3. The Kier molecular flexibility index (Phi) is 25.6. The molecule has 0 N–H and O–H groups in total. The Labute approximate surface area is 869 Å². The van der Waals surface area contributed by atoms with E-state index in [1.54, 1.807) is 34.0 Å². The van der Waals surface area contributed by atoms with E-state index in [4.69, 9.17) is 15.0 Å². The largest absolute Gasteiger partial charge is 2.00 e. The van der Waals surface area contributed by atoms with E-state index in [1.165, 1.54) is 91.5 Å². The molecule has 9 nitrogen and oxygen atoms in total. The first kappa shape index (κ1) is 90.7. The summed E-state index contributed by atoms with van der Waals surface area (Å²) in [6.45, 7) is 0. The number of para-hydroxylation sites is 3. The second kappa shape index (κ2) is 39.8. The van der Waals surface area contributed by atoms with Crippen molar-refractivity contribution in [2.24, 2.45) is 0 Å². The molecule has 0 radical (unpaired) electrons. The van der Waals surface area contributed by atoms with E-state index in [0.29, 0.717) is 0 Å².